The zero-order valence-corrected chi connectivity index (χ0v) is 24.6. The third-order valence-corrected chi connectivity index (χ3v) is 4.88. The molecular weight excluding hydrogens is 640 g/mol. The van der Waals surface area contributed by atoms with E-state index in [0.717, 1.165) is 11.8 Å². The Kier molecular flexibility index (Phi) is 20.9. The van der Waals surface area contributed by atoms with Crippen LogP contribution in [-0.2, 0) is 4.79 Å². The third kappa shape index (κ3) is 19.2. The summed E-state index contributed by atoms with van der Waals surface area (Å²) in [5, 5.41) is 59.9. The first-order valence-corrected chi connectivity index (χ1v) is 12.5. The predicted octanol–water partition coefficient (Wildman–Crippen LogP) is 5.55. The lowest BCUT2D eigenvalue weighted by Gasteiger charge is -2.11. The van der Waals surface area contributed by atoms with E-state index < -0.39 is 26.9 Å². The van der Waals surface area contributed by atoms with Crippen LogP contribution in [-0.4, -0.2) is 68.0 Å². The van der Waals surface area contributed by atoms with Crippen LogP contribution in [0.4, 0.5) is 17.1 Å². The molecule has 256 valence electrons. The number of ether oxygens (including phenoxy) is 1. The fourth-order valence-corrected chi connectivity index (χ4v) is 2.83. The number of carbonyl (C=O) groups excluding carboxylic acids is 1. The number of non-ortho nitro benzene ring substituents is 2. The molecule has 0 saturated heterocycles. The Balaban J connectivity index is 0. The van der Waals surface area contributed by atoms with Gasteiger partial charge in [0.1, 0.15) is 11.5 Å². The van der Waals surface area contributed by atoms with Crippen molar-refractivity contribution in [2.45, 2.75) is 7.43 Å². The number of phenolic OH excluding ortho intramolecular Hbond substituents is 1. The molecule has 4 aromatic carbocycles. The number of hydrogen-bond acceptors (Lipinski definition) is 12. The Morgan fingerprint density at radius 1 is 0.708 bits per heavy atom. The van der Waals surface area contributed by atoms with Gasteiger partial charge in [0.25, 0.3) is 22.9 Å². The fraction of sp³-hybridized carbons (Fsp3) is 0.100. The maximum absolute atomic E-state index is 10.4. The summed E-state index contributed by atoms with van der Waals surface area (Å²) in [5.74, 6) is -1.57. The molecular formula is C30H32N4O14. The van der Waals surface area contributed by atoms with Crippen LogP contribution in [0.5, 0.6) is 11.5 Å². The van der Waals surface area contributed by atoms with E-state index in [2.05, 4.69) is 4.74 Å². The summed E-state index contributed by atoms with van der Waals surface area (Å²) in [6.45, 7) is 0.221. The van der Waals surface area contributed by atoms with Crippen LogP contribution in [0.3, 0.4) is 0 Å². The molecule has 4 aromatic rings. The van der Waals surface area contributed by atoms with Gasteiger partial charge >= 0.3 is 11.9 Å². The summed E-state index contributed by atoms with van der Waals surface area (Å²) >= 11 is 0. The molecule has 0 fully saturated rings. The second kappa shape index (κ2) is 23.3. The summed E-state index contributed by atoms with van der Waals surface area (Å²) < 4.78 is 4.41. The Morgan fingerprint density at radius 3 is 1.56 bits per heavy atom. The van der Waals surface area contributed by atoms with Crippen LogP contribution in [0.2, 0.25) is 0 Å². The van der Waals surface area contributed by atoms with Gasteiger partial charge in [-0.1, -0.05) is 43.8 Å². The van der Waals surface area contributed by atoms with E-state index in [1.165, 1.54) is 42.5 Å². The maximum Gasteiger partial charge on any atom is 0.335 e. The molecule has 0 saturated carbocycles. The van der Waals surface area contributed by atoms with Crippen LogP contribution >= 0.6 is 0 Å². The quantitative estimate of drug-likeness (QED) is 0.106. The molecule has 0 amide bonds. The van der Waals surface area contributed by atoms with E-state index in [0.29, 0.717) is 11.3 Å². The van der Waals surface area contributed by atoms with E-state index in [-0.39, 0.29) is 36.6 Å². The van der Waals surface area contributed by atoms with Gasteiger partial charge in [-0.2, -0.15) is 0 Å². The van der Waals surface area contributed by atoms with Gasteiger partial charge in [-0.05, 0) is 36.4 Å². The third-order valence-electron chi connectivity index (χ3n) is 4.88. The number of hydrogen-bond donors (Lipinski definition) is 4. The molecule has 0 heterocycles. The van der Waals surface area contributed by atoms with Crippen molar-refractivity contribution in [3.8, 4) is 11.5 Å². The fourth-order valence-electron chi connectivity index (χ4n) is 2.83. The lowest BCUT2D eigenvalue weighted by atomic mass is 10.2. The highest BCUT2D eigenvalue weighted by Crippen LogP contribution is 2.18. The van der Waals surface area contributed by atoms with Crippen LogP contribution in [0.15, 0.2) is 103 Å². The number of carboxylic acids is 2. The molecule has 18 nitrogen and oxygen atoms in total. The predicted molar refractivity (Wildman–Crippen MR) is 171 cm³/mol. The number of anilines is 1. The summed E-state index contributed by atoms with van der Waals surface area (Å²) in [5.41, 5.74) is 0.950. The van der Waals surface area contributed by atoms with E-state index in [1.54, 1.807) is 42.5 Å². The summed E-state index contributed by atoms with van der Waals surface area (Å²) in [4.78, 5) is 59.9. The van der Waals surface area contributed by atoms with Gasteiger partial charge in [0.05, 0.1) is 27.0 Å². The molecule has 0 radical (unpaired) electrons. The lowest BCUT2D eigenvalue weighted by Crippen LogP contribution is -2.07. The van der Waals surface area contributed by atoms with Gasteiger partial charge in [0.2, 0.25) is 0 Å². The average molecular weight is 673 g/mol. The van der Waals surface area contributed by atoms with E-state index in [9.17, 15) is 34.6 Å². The van der Waals surface area contributed by atoms with Gasteiger partial charge in [-0.25, -0.2) is 9.59 Å². The van der Waals surface area contributed by atoms with Crippen LogP contribution in [0.25, 0.3) is 0 Å². The Morgan fingerprint density at radius 2 is 1.17 bits per heavy atom. The first-order chi connectivity index (χ1) is 22.1. The number of benzene rings is 4. The second-order valence-electron chi connectivity index (χ2n) is 8.40. The number of nitro groups is 2. The van der Waals surface area contributed by atoms with Crippen molar-refractivity contribution in [3.63, 3.8) is 0 Å². The number of rotatable bonds is 7. The zero-order chi connectivity index (χ0) is 35.9. The second-order valence-corrected chi connectivity index (χ2v) is 8.40. The number of aromatic carboxylic acids is 2. The van der Waals surface area contributed by atoms with Crippen molar-refractivity contribution >= 4 is 35.5 Å². The molecule has 0 aliphatic rings. The number of nitrogens with zero attached hydrogens (tertiary/aromatic N) is 4. The van der Waals surface area contributed by atoms with Crippen LogP contribution in [0, 0.1) is 30.3 Å². The molecule has 0 aromatic heterocycles. The van der Waals surface area contributed by atoms with Crippen molar-refractivity contribution in [3.05, 3.63) is 145 Å². The minimum Gasteiger partial charge on any atom is -0.508 e. The largest absolute Gasteiger partial charge is 0.508 e. The molecule has 0 bridgehead atoms. The van der Waals surface area contributed by atoms with Crippen molar-refractivity contribution < 1.29 is 54.6 Å². The molecule has 0 aliphatic carbocycles. The van der Waals surface area contributed by atoms with E-state index >= 15 is 0 Å². The summed E-state index contributed by atoms with van der Waals surface area (Å²) in [6, 6.07) is 25.7. The highest BCUT2D eigenvalue weighted by molar-refractivity contribution is 5.88. The Labute approximate surface area is 272 Å². The van der Waals surface area contributed by atoms with E-state index in [1.807, 2.05) is 31.1 Å². The molecule has 4 rings (SSSR count). The number of carboxylic acid groups (broad SMARTS) is 2. The van der Waals surface area contributed by atoms with Crippen molar-refractivity contribution in [1.82, 2.24) is 0 Å². The van der Waals surface area contributed by atoms with Gasteiger partial charge in [-0.3, -0.25) is 25.0 Å². The SMILES string of the molecule is C.CN(C)c1cccc(O)c1.O=C(O)c1cccc([N+](=O)[O-])c1.O=C(O)c1ccccc1.O=COc1cccc([N+](=O)[O-])c1.O=[N+]([O-])O. The molecule has 0 atom stereocenters. The van der Waals surface area contributed by atoms with Gasteiger partial charge in [-0.15, -0.1) is 10.1 Å². The maximum atomic E-state index is 10.4. The normalized spacial score (nSPS) is 8.71. The van der Waals surface area contributed by atoms with Gasteiger partial charge in [0, 0.05) is 44.0 Å². The van der Waals surface area contributed by atoms with Crippen LogP contribution < -0.4 is 9.64 Å². The average Bonchev–Trinajstić information content (AvgIpc) is 3.02. The topological polar surface area (TPSA) is 274 Å². The zero-order valence-electron chi connectivity index (χ0n) is 24.6. The lowest BCUT2D eigenvalue weighted by molar-refractivity contribution is -0.742. The Bertz CT molecular complexity index is 1600. The van der Waals surface area contributed by atoms with Crippen molar-refractivity contribution in [1.29, 1.82) is 0 Å². The summed E-state index contributed by atoms with van der Waals surface area (Å²) in [6.07, 6.45) is 0. The molecule has 0 aliphatic heterocycles. The first kappa shape index (κ1) is 43.0. The smallest absolute Gasteiger partial charge is 0.335 e. The number of carbonyl (C=O) groups is 3. The molecule has 0 unspecified atom stereocenters. The molecule has 4 N–H and O–H groups in total. The first-order valence-electron chi connectivity index (χ1n) is 12.5. The standard InChI is InChI=1S/C8H11NO.2C7H5NO4.C7H6O2.CH4.HNO3/c1-9(2)7-4-3-5-8(10)6-7;9-5-12-7-3-1-2-6(4-7)8(10)11;9-7(10)5-2-1-3-6(4-5)8(11)12;8-7(9)6-4-2-1-3-5-6;;2-1(3)4/h3-6,10H,1-2H3;1-5H;1-4H,(H,9,10);1-5H,(H,8,9);1H4;(H,2,3,4). The summed E-state index contributed by atoms with van der Waals surface area (Å²) in [7, 11) is 3.88. The van der Waals surface area contributed by atoms with Crippen molar-refractivity contribution in [2.24, 2.45) is 0 Å². The van der Waals surface area contributed by atoms with Crippen LogP contribution in [0.1, 0.15) is 28.1 Å². The molecule has 0 spiro atoms. The minimum atomic E-state index is -1.50. The number of phenols is 1. The van der Waals surface area contributed by atoms with Crippen molar-refractivity contribution in [2.75, 3.05) is 19.0 Å². The minimum absolute atomic E-state index is 0. The number of nitro benzene ring substituents is 2. The Hall–Kier alpha value is -7.11. The highest BCUT2D eigenvalue weighted by Gasteiger charge is 2.09. The highest BCUT2D eigenvalue weighted by atomic mass is 16.9. The van der Waals surface area contributed by atoms with E-state index in [4.69, 9.17) is 30.6 Å². The number of aromatic hydroxyl groups is 1. The molecule has 18 heteroatoms. The van der Waals surface area contributed by atoms with Gasteiger partial charge < -0.3 is 30.2 Å². The van der Waals surface area contributed by atoms with Gasteiger partial charge in [0.15, 0.2) is 0 Å². The molecule has 48 heavy (non-hydrogen) atoms. The monoisotopic (exact) mass is 672 g/mol.